The van der Waals surface area contributed by atoms with Gasteiger partial charge in [-0.3, -0.25) is 0 Å². The zero-order valence-corrected chi connectivity index (χ0v) is 8.52. The Balaban J connectivity index is 2.63. The highest BCUT2D eigenvalue weighted by atomic mass is 32.1. The molecule has 0 amide bonds. The van der Waals surface area contributed by atoms with Crippen molar-refractivity contribution in [3.63, 3.8) is 0 Å². The summed E-state index contributed by atoms with van der Waals surface area (Å²) in [5.41, 5.74) is 0. The lowest BCUT2D eigenvalue weighted by atomic mass is 10.2. The number of aliphatic hydroxyl groups is 1. The van der Waals surface area contributed by atoms with Gasteiger partial charge in [-0.1, -0.05) is 0 Å². The monoisotopic (exact) mass is 196 g/mol. The molecule has 0 aliphatic carbocycles. The van der Waals surface area contributed by atoms with E-state index in [0.717, 1.165) is 10.6 Å². The van der Waals surface area contributed by atoms with Crippen LogP contribution in [0.5, 0.6) is 5.75 Å². The minimum atomic E-state index is -0.485. The highest BCUT2D eigenvalue weighted by Gasteiger charge is 2.08. The lowest BCUT2D eigenvalue weighted by Gasteiger charge is -2.01. The van der Waals surface area contributed by atoms with Crippen LogP contribution in [0.4, 0.5) is 0 Å². The second-order valence-corrected chi connectivity index (χ2v) is 3.48. The number of thiophene rings is 1. The van der Waals surface area contributed by atoms with E-state index in [1.807, 2.05) is 11.4 Å². The van der Waals surface area contributed by atoms with Gasteiger partial charge in [-0.25, -0.2) is 0 Å². The van der Waals surface area contributed by atoms with Gasteiger partial charge >= 0.3 is 0 Å². The van der Waals surface area contributed by atoms with Crippen LogP contribution < -0.4 is 4.74 Å². The number of ether oxygens (including phenoxy) is 1. The standard InChI is InChI=1S/C10H12O2S/c1-3-4-5-9(11)10-6-8(12-2)7-13-10/h6-7,9,11H,5H2,1-2H3. The predicted molar refractivity (Wildman–Crippen MR) is 53.9 cm³/mol. The number of hydrogen-bond acceptors (Lipinski definition) is 3. The van der Waals surface area contributed by atoms with Crippen molar-refractivity contribution in [3.8, 4) is 17.6 Å². The predicted octanol–water partition coefficient (Wildman–Crippen LogP) is 2.20. The molecule has 0 aliphatic heterocycles. The molecule has 0 saturated carbocycles. The third-order valence-corrected chi connectivity index (χ3v) is 2.64. The first kappa shape index (κ1) is 10.1. The van der Waals surface area contributed by atoms with E-state index >= 15 is 0 Å². The number of methoxy groups -OCH3 is 1. The van der Waals surface area contributed by atoms with Crippen molar-refractivity contribution in [2.75, 3.05) is 7.11 Å². The van der Waals surface area contributed by atoms with Gasteiger partial charge in [-0.2, -0.15) is 0 Å². The summed E-state index contributed by atoms with van der Waals surface area (Å²) in [4.78, 5) is 0.902. The summed E-state index contributed by atoms with van der Waals surface area (Å²) in [6, 6.07) is 1.84. The zero-order chi connectivity index (χ0) is 9.68. The zero-order valence-electron chi connectivity index (χ0n) is 7.70. The van der Waals surface area contributed by atoms with Crippen LogP contribution in [0.3, 0.4) is 0 Å². The van der Waals surface area contributed by atoms with Gasteiger partial charge in [-0.15, -0.1) is 23.2 Å². The van der Waals surface area contributed by atoms with Gasteiger partial charge < -0.3 is 9.84 Å². The van der Waals surface area contributed by atoms with Crippen molar-refractivity contribution in [2.45, 2.75) is 19.4 Å². The maximum Gasteiger partial charge on any atom is 0.129 e. The summed E-state index contributed by atoms with van der Waals surface area (Å²) < 4.78 is 5.01. The molecule has 1 heterocycles. The molecule has 2 nitrogen and oxygen atoms in total. The van der Waals surface area contributed by atoms with Crippen LogP contribution in [0.2, 0.25) is 0 Å². The second-order valence-electron chi connectivity index (χ2n) is 2.54. The van der Waals surface area contributed by atoms with Crippen LogP contribution >= 0.6 is 11.3 Å². The van der Waals surface area contributed by atoms with Crippen molar-refractivity contribution < 1.29 is 9.84 Å². The van der Waals surface area contributed by atoms with E-state index in [2.05, 4.69) is 11.8 Å². The molecule has 70 valence electrons. The average molecular weight is 196 g/mol. The first-order valence-corrected chi connectivity index (χ1v) is 4.86. The summed E-state index contributed by atoms with van der Waals surface area (Å²) in [6.07, 6.45) is 0.00142. The van der Waals surface area contributed by atoms with Crippen LogP contribution in [-0.4, -0.2) is 12.2 Å². The molecule has 0 fully saturated rings. The van der Waals surface area contributed by atoms with Crippen LogP contribution in [0.15, 0.2) is 11.4 Å². The molecular formula is C10H12O2S. The van der Waals surface area contributed by atoms with Crippen molar-refractivity contribution in [2.24, 2.45) is 0 Å². The van der Waals surface area contributed by atoms with Gasteiger partial charge in [0.15, 0.2) is 0 Å². The van der Waals surface area contributed by atoms with E-state index in [4.69, 9.17) is 4.74 Å². The van der Waals surface area contributed by atoms with Crippen LogP contribution in [-0.2, 0) is 0 Å². The number of aliphatic hydroxyl groups excluding tert-OH is 1. The summed E-state index contributed by atoms with van der Waals surface area (Å²) in [5.74, 6) is 6.39. The smallest absolute Gasteiger partial charge is 0.129 e. The third kappa shape index (κ3) is 2.76. The summed E-state index contributed by atoms with van der Waals surface area (Å²) in [5, 5.41) is 11.5. The van der Waals surface area contributed by atoms with E-state index in [1.165, 1.54) is 11.3 Å². The molecule has 13 heavy (non-hydrogen) atoms. The van der Waals surface area contributed by atoms with Crippen molar-refractivity contribution >= 4 is 11.3 Å². The quantitative estimate of drug-likeness (QED) is 0.751. The van der Waals surface area contributed by atoms with Crippen LogP contribution in [0.1, 0.15) is 24.3 Å². The minimum absolute atomic E-state index is 0.485. The molecule has 1 unspecified atom stereocenters. The molecule has 0 saturated heterocycles. The van der Waals surface area contributed by atoms with E-state index < -0.39 is 6.10 Å². The first-order valence-electron chi connectivity index (χ1n) is 3.98. The third-order valence-electron chi connectivity index (χ3n) is 1.63. The maximum absolute atomic E-state index is 9.61. The Labute approximate surface area is 82.2 Å². The fourth-order valence-corrected chi connectivity index (χ4v) is 1.76. The van der Waals surface area contributed by atoms with E-state index in [-0.39, 0.29) is 0 Å². The fourth-order valence-electron chi connectivity index (χ4n) is 0.915. The molecule has 0 bridgehead atoms. The molecular weight excluding hydrogens is 184 g/mol. The second kappa shape index (κ2) is 4.90. The summed E-state index contributed by atoms with van der Waals surface area (Å²) >= 11 is 1.49. The number of hydrogen-bond donors (Lipinski definition) is 1. The normalized spacial score (nSPS) is 11.6. The Bertz CT molecular complexity index is 319. The molecule has 3 heteroatoms. The van der Waals surface area contributed by atoms with Gasteiger partial charge in [0.1, 0.15) is 5.75 Å². The molecule has 0 aliphatic rings. The average Bonchev–Trinajstić information content (AvgIpc) is 2.62. The molecule has 0 radical (unpaired) electrons. The first-order chi connectivity index (χ1) is 6.27. The van der Waals surface area contributed by atoms with Crippen molar-refractivity contribution in [1.82, 2.24) is 0 Å². The Morgan fingerprint density at radius 3 is 3.00 bits per heavy atom. The van der Waals surface area contributed by atoms with E-state index in [1.54, 1.807) is 14.0 Å². The van der Waals surface area contributed by atoms with Crippen molar-refractivity contribution in [3.05, 3.63) is 16.3 Å². The van der Waals surface area contributed by atoms with E-state index in [0.29, 0.717) is 6.42 Å². The van der Waals surface area contributed by atoms with Crippen LogP contribution in [0.25, 0.3) is 0 Å². The largest absolute Gasteiger partial charge is 0.496 e. The summed E-state index contributed by atoms with van der Waals surface area (Å²) in [7, 11) is 1.62. The highest BCUT2D eigenvalue weighted by Crippen LogP contribution is 2.28. The molecule has 1 atom stereocenters. The topological polar surface area (TPSA) is 29.5 Å². The number of rotatable bonds is 3. The molecule has 0 spiro atoms. The SMILES string of the molecule is CC#CCC(O)c1cc(OC)cs1. The van der Waals surface area contributed by atoms with Crippen molar-refractivity contribution in [1.29, 1.82) is 0 Å². The molecule has 1 rings (SSSR count). The molecule has 0 aromatic carbocycles. The Kier molecular flexibility index (Phi) is 3.81. The highest BCUT2D eigenvalue weighted by molar-refractivity contribution is 7.10. The Morgan fingerprint density at radius 2 is 2.46 bits per heavy atom. The maximum atomic E-state index is 9.61. The lowest BCUT2D eigenvalue weighted by molar-refractivity contribution is 0.187. The van der Waals surface area contributed by atoms with Gasteiger partial charge in [0.25, 0.3) is 0 Å². The molecule has 1 aromatic rings. The molecule has 1 aromatic heterocycles. The Hall–Kier alpha value is -0.980. The fraction of sp³-hybridized carbons (Fsp3) is 0.400. The lowest BCUT2D eigenvalue weighted by Crippen LogP contribution is -1.91. The van der Waals surface area contributed by atoms with Gasteiger partial charge in [0.2, 0.25) is 0 Å². The summed E-state index contributed by atoms with van der Waals surface area (Å²) in [6.45, 7) is 1.77. The van der Waals surface area contributed by atoms with Gasteiger partial charge in [-0.05, 0) is 13.0 Å². The molecule has 1 N–H and O–H groups in total. The van der Waals surface area contributed by atoms with Gasteiger partial charge in [0, 0.05) is 16.7 Å². The minimum Gasteiger partial charge on any atom is -0.496 e. The van der Waals surface area contributed by atoms with E-state index in [9.17, 15) is 5.11 Å². The van der Waals surface area contributed by atoms with Crippen LogP contribution in [0, 0.1) is 11.8 Å². The Morgan fingerprint density at radius 1 is 1.69 bits per heavy atom. The van der Waals surface area contributed by atoms with Gasteiger partial charge in [0.05, 0.1) is 13.2 Å².